The molecule has 2 aromatic rings. The van der Waals surface area contributed by atoms with Crippen molar-refractivity contribution in [3.63, 3.8) is 0 Å². The minimum Gasteiger partial charge on any atom is -0.0654 e. The van der Waals surface area contributed by atoms with Crippen molar-refractivity contribution in [1.29, 1.82) is 0 Å². The Labute approximate surface area is 148 Å². The van der Waals surface area contributed by atoms with Crippen LogP contribution in [0.5, 0.6) is 0 Å². The van der Waals surface area contributed by atoms with Crippen molar-refractivity contribution >= 4 is 0 Å². The SMILES string of the molecule is CCCCCCCCCCC1(C)c2ccccc2-c2ccccc21. The highest BCUT2D eigenvalue weighted by atomic mass is 14.4. The maximum atomic E-state index is 2.46. The molecule has 0 heterocycles. The van der Waals surface area contributed by atoms with Crippen LogP contribution in [0.25, 0.3) is 11.1 Å². The molecule has 1 aliphatic carbocycles. The van der Waals surface area contributed by atoms with Crippen molar-refractivity contribution in [3.05, 3.63) is 59.7 Å². The Morgan fingerprint density at radius 3 is 1.62 bits per heavy atom. The molecule has 0 saturated carbocycles. The highest BCUT2D eigenvalue weighted by molar-refractivity contribution is 5.80. The van der Waals surface area contributed by atoms with Crippen LogP contribution in [0.4, 0.5) is 0 Å². The summed E-state index contributed by atoms with van der Waals surface area (Å²) in [6, 6.07) is 18.1. The quantitative estimate of drug-likeness (QED) is 0.419. The van der Waals surface area contributed by atoms with Gasteiger partial charge in [0.05, 0.1) is 0 Å². The molecule has 1 aliphatic rings. The minimum atomic E-state index is 0.204. The summed E-state index contributed by atoms with van der Waals surface area (Å²) in [5, 5.41) is 0. The number of fused-ring (bicyclic) bond motifs is 3. The second kappa shape index (κ2) is 8.01. The predicted molar refractivity (Wildman–Crippen MR) is 106 cm³/mol. The molecule has 2 aromatic carbocycles. The van der Waals surface area contributed by atoms with Gasteiger partial charge >= 0.3 is 0 Å². The third-order valence-electron chi connectivity index (χ3n) is 5.86. The monoisotopic (exact) mass is 320 g/mol. The summed E-state index contributed by atoms with van der Waals surface area (Å²) in [7, 11) is 0. The molecule has 24 heavy (non-hydrogen) atoms. The molecule has 0 nitrogen and oxygen atoms in total. The third kappa shape index (κ3) is 3.43. The third-order valence-corrected chi connectivity index (χ3v) is 5.86. The minimum absolute atomic E-state index is 0.204. The summed E-state index contributed by atoms with van der Waals surface area (Å²) in [6.45, 7) is 4.75. The molecule has 128 valence electrons. The molecule has 0 N–H and O–H groups in total. The Morgan fingerprint density at radius 2 is 1.08 bits per heavy atom. The van der Waals surface area contributed by atoms with Crippen molar-refractivity contribution in [3.8, 4) is 11.1 Å². The largest absolute Gasteiger partial charge is 0.0654 e. The molecule has 0 spiro atoms. The van der Waals surface area contributed by atoms with E-state index >= 15 is 0 Å². The second-order valence-corrected chi connectivity index (χ2v) is 7.65. The van der Waals surface area contributed by atoms with E-state index in [1.165, 1.54) is 80.0 Å². The van der Waals surface area contributed by atoms with Crippen LogP contribution in [-0.2, 0) is 5.41 Å². The fourth-order valence-corrected chi connectivity index (χ4v) is 4.43. The molecule has 0 aliphatic heterocycles. The Hall–Kier alpha value is -1.56. The van der Waals surface area contributed by atoms with E-state index in [1.54, 1.807) is 0 Å². The van der Waals surface area contributed by atoms with Gasteiger partial charge in [0.1, 0.15) is 0 Å². The van der Waals surface area contributed by atoms with Gasteiger partial charge in [0.2, 0.25) is 0 Å². The molecule has 0 amide bonds. The van der Waals surface area contributed by atoms with E-state index in [0.29, 0.717) is 0 Å². The zero-order valence-corrected chi connectivity index (χ0v) is 15.5. The molecule has 0 radical (unpaired) electrons. The van der Waals surface area contributed by atoms with Gasteiger partial charge in [-0.2, -0.15) is 0 Å². The molecular weight excluding hydrogens is 288 g/mol. The summed E-state index contributed by atoms with van der Waals surface area (Å²) in [5.74, 6) is 0. The summed E-state index contributed by atoms with van der Waals surface area (Å²) < 4.78 is 0. The Balaban J connectivity index is 1.61. The van der Waals surface area contributed by atoms with E-state index in [9.17, 15) is 0 Å². The molecule has 0 fully saturated rings. The van der Waals surface area contributed by atoms with Gasteiger partial charge in [-0.25, -0.2) is 0 Å². The molecule has 0 atom stereocenters. The maximum Gasteiger partial charge on any atom is 0.0187 e. The van der Waals surface area contributed by atoms with Gasteiger partial charge < -0.3 is 0 Å². The number of benzene rings is 2. The standard InChI is InChI=1S/C24H32/c1-3-4-5-6-7-8-9-14-19-24(2)22-17-12-10-15-20(22)21-16-11-13-18-23(21)24/h10-13,15-18H,3-9,14,19H2,1-2H3. The number of unbranched alkanes of at least 4 members (excludes halogenated alkanes) is 7. The van der Waals surface area contributed by atoms with Gasteiger partial charge in [-0.1, -0.05) is 114 Å². The van der Waals surface area contributed by atoms with E-state index in [2.05, 4.69) is 62.4 Å². The number of hydrogen-bond acceptors (Lipinski definition) is 0. The fraction of sp³-hybridized carbons (Fsp3) is 0.500. The van der Waals surface area contributed by atoms with Crippen molar-refractivity contribution in [2.24, 2.45) is 0 Å². The lowest BCUT2D eigenvalue weighted by Crippen LogP contribution is -2.20. The van der Waals surface area contributed by atoms with E-state index in [-0.39, 0.29) is 5.41 Å². The second-order valence-electron chi connectivity index (χ2n) is 7.65. The predicted octanol–water partition coefficient (Wildman–Crippen LogP) is 7.50. The van der Waals surface area contributed by atoms with E-state index < -0.39 is 0 Å². The smallest absolute Gasteiger partial charge is 0.0187 e. The van der Waals surface area contributed by atoms with Gasteiger partial charge in [-0.15, -0.1) is 0 Å². The summed E-state index contributed by atoms with van der Waals surface area (Å²) in [4.78, 5) is 0. The average Bonchev–Trinajstić information content (AvgIpc) is 2.88. The van der Waals surface area contributed by atoms with Gasteiger partial charge in [0, 0.05) is 5.41 Å². The van der Waals surface area contributed by atoms with Crippen LogP contribution in [0.1, 0.15) is 82.8 Å². The molecule has 3 rings (SSSR count). The van der Waals surface area contributed by atoms with E-state index in [1.807, 2.05) is 0 Å². The van der Waals surface area contributed by atoms with Gasteiger partial charge in [-0.05, 0) is 28.7 Å². The van der Waals surface area contributed by atoms with Crippen molar-refractivity contribution < 1.29 is 0 Å². The highest BCUT2D eigenvalue weighted by Gasteiger charge is 2.37. The molecule has 0 unspecified atom stereocenters. The lowest BCUT2D eigenvalue weighted by Gasteiger charge is -2.27. The zero-order valence-electron chi connectivity index (χ0n) is 15.5. The van der Waals surface area contributed by atoms with Gasteiger partial charge in [0.25, 0.3) is 0 Å². The molecule has 0 bridgehead atoms. The first-order valence-electron chi connectivity index (χ1n) is 9.97. The van der Waals surface area contributed by atoms with Crippen LogP contribution in [0.15, 0.2) is 48.5 Å². The van der Waals surface area contributed by atoms with Crippen LogP contribution in [0.2, 0.25) is 0 Å². The fourth-order valence-electron chi connectivity index (χ4n) is 4.43. The Morgan fingerprint density at radius 1 is 0.625 bits per heavy atom. The van der Waals surface area contributed by atoms with Crippen molar-refractivity contribution in [2.45, 2.75) is 77.0 Å². The van der Waals surface area contributed by atoms with E-state index in [4.69, 9.17) is 0 Å². The molecule has 0 saturated heterocycles. The lowest BCUT2D eigenvalue weighted by molar-refractivity contribution is 0.478. The van der Waals surface area contributed by atoms with Gasteiger partial charge in [-0.3, -0.25) is 0 Å². The topological polar surface area (TPSA) is 0 Å². The highest BCUT2D eigenvalue weighted by Crippen LogP contribution is 2.50. The van der Waals surface area contributed by atoms with Crippen molar-refractivity contribution in [2.75, 3.05) is 0 Å². The maximum absolute atomic E-state index is 2.46. The first kappa shape index (κ1) is 17.3. The molecular formula is C24H32. The normalized spacial score (nSPS) is 14.4. The number of hydrogen-bond donors (Lipinski definition) is 0. The van der Waals surface area contributed by atoms with Crippen LogP contribution >= 0.6 is 0 Å². The Kier molecular flexibility index (Phi) is 5.76. The first-order valence-corrected chi connectivity index (χ1v) is 9.97. The van der Waals surface area contributed by atoms with Crippen LogP contribution < -0.4 is 0 Å². The zero-order chi connectivity index (χ0) is 16.8. The molecule has 0 aromatic heterocycles. The average molecular weight is 321 g/mol. The summed E-state index contributed by atoms with van der Waals surface area (Å²) >= 11 is 0. The first-order chi connectivity index (χ1) is 11.8. The Bertz CT molecular complexity index is 607. The van der Waals surface area contributed by atoms with Crippen molar-refractivity contribution in [1.82, 2.24) is 0 Å². The molecule has 0 heteroatoms. The number of rotatable bonds is 9. The van der Waals surface area contributed by atoms with Gasteiger partial charge in [0.15, 0.2) is 0 Å². The summed E-state index contributed by atoms with van der Waals surface area (Å²) in [5.41, 5.74) is 6.18. The summed E-state index contributed by atoms with van der Waals surface area (Å²) in [6.07, 6.45) is 12.4. The lowest BCUT2D eigenvalue weighted by atomic mass is 9.76. The van der Waals surface area contributed by atoms with Crippen LogP contribution in [0.3, 0.4) is 0 Å². The van der Waals surface area contributed by atoms with Crippen LogP contribution in [-0.4, -0.2) is 0 Å². The van der Waals surface area contributed by atoms with Crippen LogP contribution in [0, 0.1) is 0 Å². The van der Waals surface area contributed by atoms with E-state index in [0.717, 1.165) is 0 Å².